The first-order chi connectivity index (χ1) is 8.00. The number of amides is 1. The molecule has 0 radical (unpaired) electrons. The maximum atomic E-state index is 11.3. The average molecular weight is 275 g/mol. The number of carbonyl (C=O) groups excluding carboxylic acids is 2. The predicted octanol–water partition coefficient (Wildman–Crippen LogP) is 1.14. The third-order valence-electron chi connectivity index (χ3n) is 2.08. The lowest BCUT2D eigenvalue weighted by Crippen LogP contribution is -2.27. The third kappa shape index (κ3) is 4.63. The van der Waals surface area contributed by atoms with Crippen molar-refractivity contribution in [1.29, 1.82) is 0 Å². The van der Waals surface area contributed by atoms with Crippen molar-refractivity contribution in [3.05, 3.63) is 33.8 Å². The van der Waals surface area contributed by atoms with E-state index in [4.69, 9.17) is 23.2 Å². The topological polar surface area (TPSA) is 69.2 Å². The van der Waals surface area contributed by atoms with Gasteiger partial charge in [-0.3, -0.25) is 4.79 Å². The molecule has 0 unspecified atom stereocenters. The summed E-state index contributed by atoms with van der Waals surface area (Å²) in [5, 5.41) is 13.6. The molecule has 0 spiro atoms. The molecular formula is C11H10Cl2NO3-. The molecule has 4 nitrogen and oxygen atoms in total. The molecule has 0 aliphatic rings. The number of carboxylic acid groups (broad SMARTS) is 1. The highest BCUT2D eigenvalue weighted by molar-refractivity contribution is 6.36. The van der Waals surface area contributed by atoms with Crippen LogP contribution < -0.4 is 10.4 Å². The van der Waals surface area contributed by atoms with E-state index >= 15 is 0 Å². The molecule has 0 bridgehead atoms. The molecule has 0 aromatic heterocycles. The fraction of sp³-hybridized carbons (Fsp3) is 0.273. The van der Waals surface area contributed by atoms with Crippen molar-refractivity contribution < 1.29 is 14.7 Å². The quantitative estimate of drug-likeness (QED) is 0.876. The van der Waals surface area contributed by atoms with E-state index in [1.807, 2.05) is 0 Å². The smallest absolute Gasteiger partial charge is 0.220 e. The summed E-state index contributed by atoms with van der Waals surface area (Å²) in [7, 11) is 0. The molecule has 0 aliphatic heterocycles. The normalized spacial score (nSPS) is 10.0. The Morgan fingerprint density at radius 1 is 1.18 bits per heavy atom. The molecule has 1 aromatic rings. The minimum absolute atomic E-state index is 0.121. The molecular weight excluding hydrogens is 265 g/mol. The van der Waals surface area contributed by atoms with Gasteiger partial charge in [0.2, 0.25) is 5.91 Å². The highest BCUT2D eigenvalue weighted by Gasteiger charge is 2.07. The molecule has 1 rings (SSSR count). The number of hydrogen-bond acceptors (Lipinski definition) is 3. The van der Waals surface area contributed by atoms with Gasteiger partial charge in [-0.05, 0) is 18.6 Å². The van der Waals surface area contributed by atoms with Crippen molar-refractivity contribution in [2.24, 2.45) is 0 Å². The van der Waals surface area contributed by atoms with Crippen LogP contribution in [0, 0.1) is 0 Å². The molecule has 0 saturated heterocycles. The summed E-state index contributed by atoms with van der Waals surface area (Å²) in [6.07, 6.45) is -0.424. The van der Waals surface area contributed by atoms with Crippen LogP contribution in [-0.2, 0) is 16.1 Å². The van der Waals surface area contributed by atoms with Gasteiger partial charge in [-0.2, -0.15) is 0 Å². The number of aliphatic carboxylic acids is 1. The van der Waals surface area contributed by atoms with Crippen LogP contribution in [0.25, 0.3) is 0 Å². The Morgan fingerprint density at radius 2 is 1.76 bits per heavy atom. The van der Waals surface area contributed by atoms with E-state index in [1.54, 1.807) is 18.2 Å². The molecule has 17 heavy (non-hydrogen) atoms. The van der Waals surface area contributed by atoms with Gasteiger partial charge in [-0.1, -0.05) is 29.3 Å². The van der Waals surface area contributed by atoms with Gasteiger partial charge in [0.05, 0.1) is 0 Å². The SMILES string of the molecule is O=C([O-])CCC(=O)NCc1c(Cl)cccc1Cl. The van der Waals surface area contributed by atoms with Crippen LogP contribution in [0.5, 0.6) is 0 Å². The second-order valence-corrected chi connectivity index (χ2v) is 4.16. The van der Waals surface area contributed by atoms with Gasteiger partial charge in [-0.15, -0.1) is 0 Å². The molecule has 0 heterocycles. The van der Waals surface area contributed by atoms with Gasteiger partial charge in [0.25, 0.3) is 0 Å². The summed E-state index contributed by atoms with van der Waals surface area (Å²) in [6.45, 7) is 0.171. The lowest BCUT2D eigenvalue weighted by Gasteiger charge is -2.08. The Kier molecular flexibility index (Phi) is 5.25. The second-order valence-electron chi connectivity index (χ2n) is 3.35. The van der Waals surface area contributed by atoms with Gasteiger partial charge in [-0.25, -0.2) is 0 Å². The van der Waals surface area contributed by atoms with Crippen molar-refractivity contribution >= 4 is 35.1 Å². The molecule has 0 aliphatic carbocycles. The standard InChI is InChI=1S/C11H11Cl2NO3/c12-8-2-1-3-9(13)7(8)6-14-10(15)4-5-11(16)17/h1-3H,4-6H2,(H,14,15)(H,16,17)/p-1. The van der Waals surface area contributed by atoms with Gasteiger partial charge in [0, 0.05) is 34.5 Å². The number of carboxylic acids is 1. The minimum Gasteiger partial charge on any atom is -0.550 e. The Bertz CT molecular complexity index is 414. The molecule has 1 amide bonds. The number of halogens is 2. The molecule has 1 N–H and O–H groups in total. The minimum atomic E-state index is -1.25. The molecule has 6 heteroatoms. The predicted molar refractivity (Wildman–Crippen MR) is 62.5 cm³/mol. The Balaban J connectivity index is 2.50. The summed E-state index contributed by atoms with van der Waals surface area (Å²) in [6, 6.07) is 5.03. The van der Waals surface area contributed by atoms with E-state index in [0.717, 1.165) is 0 Å². The molecule has 0 saturated carbocycles. The first kappa shape index (κ1) is 13.8. The molecule has 0 atom stereocenters. The zero-order chi connectivity index (χ0) is 12.8. The molecule has 1 aromatic carbocycles. The summed E-state index contributed by atoms with van der Waals surface area (Å²) < 4.78 is 0. The van der Waals surface area contributed by atoms with E-state index in [0.29, 0.717) is 15.6 Å². The zero-order valence-corrected chi connectivity index (χ0v) is 10.3. The largest absolute Gasteiger partial charge is 0.550 e. The van der Waals surface area contributed by atoms with Crippen molar-refractivity contribution in [3.63, 3.8) is 0 Å². The van der Waals surface area contributed by atoms with E-state index < -0.39 is 5.97 Å². The number of hydrogen-bond donors (Lipinski definition) is 1. The van der Waals surface area contributed by atoms with Crippen LogP contribution in [-0.4, -0.2) is 11.9 Å². The maximum absolute atomic E-state index is 11.3. The second kappa shape index (κ2) is 6.47. The van der Waals surface area contributed by atoms with E-state index in [2.05, 4.69) is 5.32 Å². The van der Waals surface area contributed by atoms with Gasteiger partial charge in [0.1, 0.15) is 0 Å². The van der Waals surface area contributed by atoms with E-state index in [1.165, 1.54) is 0 Å². The average Bonchev–Trinajstić information content (AvgIpc) is 2.25. The number of nitrogens with one attached hydrogen (secondary N) is 1. The van der Waals surface area contributed by atoms with Crippen LogP contribution in [0.4, 0.5) is 0 Å². The maximum Gasteiger partial charge on any atom is 0.220 e. The highest BCUT2D eigenvalue weighted by Crippen LogP contribution is 2.23. The summed E-state index contributed by atoms with van der Waals surface area (Å²) in [4.78, 5) is 21.4. The summed E-state index contributed by atoms with van der Waals surface area (Å²) in [5.74, 6) is -1.64. The Labute approximate surface area is 109 Å². The van der Waals surface area contributed by atoms with E-state index in [9.17, 15) is 14.7 Å². The van der Waals surface area contributed by atoms with Crippen molar-refractivity contribution in [1.82, 2.24) is 5.32 Å². The van der Waals surface area contributed by atoms with Gasteiger partial charge >= 0.3 is 0 Å². The van der Waals surface area contributed by atoms with Gasteiger partial charge < -0.3 is 15.2 Å². The first-order valence-electron chi connectivity index (χ1n) is 4.90. The van der Waals surface area contributed by atoms with Crippen molar-refractivity contribution in [3.8, 4) is 0 Å². The third-order valence-corrected chi connectivity index (χ3v) is 2.79. The number of benzene rings is 1. The summed E-state index contributed by atoms with van der Waals surface area (Å²) in [5.41, 5.74) is 0.609. The number of rotatable bonds is 5. The van der Waals surface area contributed by atoms with E-state index in [-0.39, 0.29) is 25.3 Å². The molecule has 92 valence electrons. The summed E-state index contributed by atoms with van der Waals surface area (Å²) >= 11 is 11.8. The van der Waals surface area contributed by atoms with Crippen LogP contribution >= 0.6 is 23.2 Å². The zero-order valence-electron chi connectivity index (χ0n) is 8.83. The Hall–Kier alpha value is -1.26. The first-order valence-corrected chi connectivity index (χ1v) is 5.65. The fourth-order valence-electron chi connectivity index (χ4n) is 1.19. The van der Waals surface area contributed by atoms with Crippen LogP contribution in [0.3, 0.4) is 0 Å². The van der Waals surface area contributed by atoms with Gasteiger partial charge in [0.15, 0.2) is 0 Å². The number of carbonyl (C=O) groups is 2. The monoisotopic (exact) mass is 274 g/mol. The van der Waals surface area contributed by atoms with Crippen molar-refractivity contribution in [2.75, 3.05) is 0 Å². The van der Waals surface area contributed by atoms with Crippen LogP contribution in [0.1, 0.15) is 18.4 Å². The highest BCUT2D eigenvalue weighted by atomic mass is 35.5. The van der Waals surface area contributed by atoms with Crippen LogP contribution in [0.15, 0.2) is 18.2 Å². The molecule has 0 fully saturated rings. The fourth-order valence-corrected chi connectivity index (χ4v) is 1.72. The van der Waals surface area contributed by atoms with Crippen molar-refractivity contribution in [2.45, 2.75) is 19.4 Å². The lowest BCUT2D eigenvalue weighted by atomic mass is 10.2. The lowest BCUT2D eigenvalue weighted by molar-refractivity contribution is -0.305. The van der Waals surface area contributed by atoms with Crippen LogP contribution in [0.2, 0.25) is 10.0 Å². The Morgan fingerprint density at radius 3 is 2.29 bits per heavy atom.